The van der Waals surface area contributed by atoms with E-state index in [4.69, 9.17) is 6.42 Å². The maximum atomic E-state index is 13.3. The van der Waals surface area contributed by atoms with E-state index in [1.807, 2.05) is 13.8 Å². The Labute approximate surface area is 160 Å². The fraction of sp³-hybridized carbons (Fsp3) is 0.526. The molecule has 6 nitrogen and oxygen atoms in total. The zero-order valence-corrected chi connectivity index (χ0v) is 16.6. The molecule has 1 aromatic rings. The second-order valence-corrected chi connectivity index (χ2v) is 8.71. The first kappa shape index (κ1) is 21.4. The normalized spacial score (nSPS) is 16.7. The second-order valence-electron chi connectivity index (χ2n) is 6.77. The third kappa shape index (κ3) is 5.06. The van der Waals surface area contributed by atoms with E-state index in [1.54, 1.807) is 0 Å². The average molecular weight is 397 g/mol. The minimum absolute atomic E-state index is 0.0478. The van der Waals surface area contributed by atoms with E-state index in [2.05, 4.69) is 11.2 Å². The van der Waals surface area contributed by atoms with Crippen molar-refractivity contribution in [2.75, 3.05) is 32.7 Å². The first-order valence-electron chi connectivity index (χ1n) is 9.14. The van der Waals surface area contributed by atoms with Gasteiger partial charge in [-0.2, -0.15) is 4.31 Å². The molecule has 2 rings (SSSR count). The standard InChI is InChI=1S/C19H26FN3O3S/c1-4-19(5-2,6-3)21-18(24)15-22-10-12-23(13-11-22)27(25,26)17-9-7-8-16(20)14-17/h1,7-9,14H,5-6,10-13,15H2,2-3H3,(H,21,24)/p+1. The monoisotopic (exact) mass is 396 g/mol. The number of hydrogen-bond donors (Lipinski definition) is 2. The number of sulfonamides is 1. The third-order valence-corrected chi connectivity index (χ3v) is 7.03. The third-order valence-electron chi connectivity index (χ3n) is 5.14. The Morgan fingerprint density at radius 2 is 1.96 bits per heavy atom. The number of carbonyl (C=O) groups excluding carboxylic acids is 1. The highest BCUT2D eigenvalue weighted by Gasteiger charge is 2.32. The zero-order valence-electron chi connectivity index (χ0n) is 15.8. The lowest BCUT2D eigenvalue weighted by atomic mass is 9.94. The van der Waals surface area contributed by atoms with E-state index >= 15 is 0 Å². The van der Waals surface area contributed by atoms with Gasteiger partial charge >= 0.3 is 0 Å². The van der Waals surface area contributed by atoms with Crippen molar-refractivity contribution < 1.29 is 22.5 Å². The van der Waals surface area contributed by atoms with Crippen LogP contribution in [0.5, 0.6) is 0 Å². The van der Waals surface area contributed by atoms with Crippen molar-refractivity contribution in [3.63, 3.8) is 0 Å². The Morgan fingerprint density at radius 3 is 2.48 bits per heavy atom. The Morgan fingerprint density at radius 1 is 1.33 bits per heavy atom. The van der Waals surface area contributed by atoms with Crippen LogP contribution in [-0.2, 0) is 14.8 Å². The largest absolute Gasteiger partial charge is 0.335 e. The zero-order chi connectivity index (χ0) is 20.1. The van der Waals surface area contributed by atoms with Gasteiger partial charge in [-0.05, 0) is 31.0 Å². The van der Waals surface area contributed by atoms with Crippen LogP contribution in [0, 0.1) is 18.2 Å². The van der Waals surface area contributed by atoms with E-state index in [0.717, 1.165) is 11.0 Å². The van der Waals surface area contributed by atoms with Gasteiger partial charge < -0.3 is 10.2 Å². The fourth-order valence-corrected chi connectivity index (χ4v) is 4.67. The summed E-state index contributed by atoms with van der Waals surface area (Å²) < 4.78 is 39.9. The molecule has 0 radical (unpaired) electrons. The summed E-state index contributed by atoms with van der Waals surface area (Å²) in [4.78, 5) is 13.3. The summed E-state index contributed by atoms with van der Waals surface area (Å²) in [6.45, 7) is 5.69. The molecule has 148 valence electrons. The van der Waals surface area contributed by atoms with Gasteiger partial charge in [-0.3, -0.25) is 4.79 Å². The van der Waals surface area contributed by atoms with Crippen LogP contribution in [0.2, 0.25) is 0 Å². The lowest BCUT2D eigenvalue weighted by Crippen LogP contribution is -3.16. The lowest BCUT2D eigenvalue weighted by Gasteiger charge is -2.32. The van der Waals surface area contributed by atoms with Gasteiger partial charge in [-0.25, -0.2) is 12.8 Å². The summed E-state index contributed by atoms with van der Waals surface area (Å²) in [6.07, 6.45) is 6.88. The van der Waals surface area contributed by atoms with Gasteiger partial charge in [0.1, 0.15) is 11.4 Å². The van der Waals surface area contributed by atoms with Gasteiger partial charge in [0.05, 0.1) is 31.1 Å². The Kier molecular flexibility index (Phi) is 6.98. The summed E-state index contributed by atoms with van der Waals surface area (Å²) in [5.41, 5.74) is -0.626. The number of halogens is 1. The molecular weight excluding hydrogens is 369 g/mol. The molecule has 0 atom stereocenters. The van der Waals surface area contributed by atoms with Crippen LogP contribution in [0.25, 0.3) is 0 Å². The molecule has 27 heavy (non-hydrogen) atoms. The van der Waals surface area contributed by atoms with E-state index < -0.39 is 21.4 Å². The molecule has 0 unspecified atom stereocenters. The van der Waals surface area contributed by atoms with Crippen molar-refractivity contribution in [1.82, 2.24) is 9.62 Å². The van der Waals surface area contributed by atoms with E-state index in [-0.39, 0.29) is 30.4 Å². The second kappa shape index (κ2) is 8.83. The highest BCUT2D eigenvalue weighted by Crippen LogP contribution is 2.16. The van der Waals surface area contributed by atoms with Crippen LogP contribution >= 0.6 is 0 Å². The number of carbonyl (C=O) groups is 1. The molecular formula is C19H27FN3O3S+. The molecule has 0 aromatic heterocycles. The van der Waals surface area contributed by atoms with Gasteiger partial charge in [0.15, 0.2) is 6.54 Å². The molecule has 1 fully saturated rings. The Hall–Kier alpha value is -1.95. The molecule has 0 bridgehead atoms. The van der Waals surface area contributed by atoms with Crippen molar-refractivity contribution in [3.8, 4) is 12.3 Å². The maximum absolute atomic E-state index is 13.3. The minimum atomic E-state index is -3.72. The summed E-state index contributed by atoms with van der Waals surface area (Å²) in [6, 6.07) is 5.01. The van der Waals surface area contributed by atoms with Crippen molar-refractivity contribution >= 4 is 15.9 Å². The first-order chi connectivity index (χ1) is 12.8. The van der Waals surface area contributed by atoms with Gasteiger partial charge in [-0.15, -0.1) is 6.42 Å². The number of quaternary nitrogens is 1. The molecule has 1 heterocycles. The lowest BCUT2D eigenvalue weighted by molar-refractivity contribution is -0.895. The molecule has 1 aromatic carbocycles. The number of nitrogens with one attached hydrogen (secondary N) is 2. The number of benzene rings is 1. The molecule has 0 aliphatic carbocycles. The topological polar surface area (TPSA) is 70.9 Å². The molecule has 1 aliphatic rings. The molecule has 2 N–H and O–H groups in total. The van der Waals surface area contributed by atoms with Crippen LogP contribution in [0.3, 0.4) is 0 Å². The average Bonchev–Trinajstić information content (AvgIpc) is 2.66. The van der Waals surface area contributed by atoms with Gasteiger partial charge in [-0.1, -0.05) is 25.8 Å². The fourth-order valence-electron chi connectivity index (χ4n) is 3.20. The summed E-state index contributed by atoms with van der Waals surface area (Å²) >= 11 is 0. The number of hydrogen-bond acceptors (Lipinski definition) is 3. The van der Waals surface area contributed by atoms with Gasteiger partial charge in [0.2, 0.25) is 10.0 Å². The van der Waals surface area contributed by atoms with Crippen molar-refractivity contribution in [2.24, 2.45) is 0 Å². The predicted molar refractivity (Wildman–Crippen MR) is 101 cm³/mol. The quantitative estimate of drug-likeness (QED) is 0.639. The van der Waals surface area contributed by atoms with E-state index in [9.17, 15) is 17.6 Å². The molecule has 1 aliphatic heterocycles. The van der Waals surface area contributed by atoms with Crippen LogP contribution in [0.15, 0.2) is 29.2 Å². The van der Waals surface area contributed by atoms with Gasteiger partial charge in [0, 0.05) is 0 Å². The Bertz CT molecular complexity index is 808. The molecule has 8 heteroatoms. The summed E-state index contributed by atoms with van der Waals surface area (Å²) in [5, 5.41) is 2.93. The van der Waals surface area contributed by atoms with E-state index in [0.29, 0.717) is 25.9 Å². The van der Waals surface area contributed by atoms with Crippen molar-refractivity contribution in [3.05, 3.63) is 30.1 Å². The van der Waals surface area contributed by atoms with E-state index in [1.165, 1.54) is 22.5 Å². The highest BCUT2D eigenvalue weighted by atomic mass is 32.2. The summed E-state index contributed by atoms with van der Waals surface area (Å²) in [7, 11) is -3.72. The molecule has 0 saturated carbocycles. The number of amides is 1. The molecule has 0 spiro atoms. The van der Waals surface area contributed by atoms with Gasteiger partial charge in [0.25, 0.3) is 5.91 Å². The predicted octanol–water partition coefficient (Wildman–Crippen LogP) is 0.0231. The number of rotatable bonds is 7. The Balaban J connectivity index is 1.94. The van der Waals surface area contributed by atoms with Crippen molar-refractivity contribution in [1.29, 1.82) is 0 Å². The smallest absolute Gasteiger partial charge is 0.276 e. The summed E-state index contributed by atoms with van der Waals surface area (Å²) in [5.74, 6) is 1.96. The van der Waals surface area contributed by atoms with Crippen LogP contribution in [0.4, 0.5) is 4.39 Å². The molecule has 1 saturated heterocycles. The minimum Gasteiger partial charge on any atom is -0.335 e. The number of terminal acetylenes is 1. The first-order valence-corrected chi connectivity index (χ1v) is 10.6. The SMILES string of the molecule is C#CC(CC)(CC)NC(=O)C[NH+]1CCN(S(=O)(=O)c2cccc(F)c2)CC1. The highest BCUT2D eigenvalue weighted by molar-refractivity contribution is 7.89. The number of nitrogens with zero attached hydrogens (tertiary/aromatic N) is 1. The van der Waals surface area contributed by atoms with Crippen LogP contribution in [-0.4, -0.2) is 56.9 Å². The molecule has 1 amide bonds. The van der Waals surface area contributed by atoms with Crippen LogP contribution < -0.4 is 10.2 Å². The number of piperazine rings is 1. The van der Waals surface area contributed by atoms with Crippen molar-refractivity contribution in [2.45, 2.75) is 37.1 Å². The maximum Gasteiger partial charge on any atom is 0.276 e. The van der Waals surface area contributed by atoms with Crippen LogP contribution in [0.1, 0.15) is 26.7 Å².